The van der Waals surface area contributed by atoms with Crippen LogP contribution in [0.1, 0.15) is 16.4 Å². The molecule has 1 amide bonds. The van der Waals surface area contributed by atoms with Gasteiger partial charge in [-0.15, -0.1) is 48.6 Å². The molecule has 0 saturated carbocycles. The van der Waals surface area contributed by atoms with Gasteiger partial charge in [-0.2, -0.15) is 0 Å². The van der Waals surface area contributed by atoms with Crippen LogP contribution in [-0.4, -0.2) is 51.9 Å². The summed E-state index contributed by atoms with van der Waals surface area (Å²) in [6, 6.07) is 3.59. The summed E-state index contributed by atoms with van der Waals surface area (Å²) < 4.78 is 0. The Labute approximate surface area is 176 Å². The van der Waals surface area contributed by atoms with Crippen molar-refractivity contribution in [2.24, 2.45) is 0 Å². The molecular weight excluding hydrogens is 417 g/mol. The van der Waals surface area contributed by atoms with E-state index in [1.165, 1.54) is 0 Å². The van der Waals surface area contributed by atoms with Crippen LogP contribution in [0.15, 0.2) is 23.7 Å². The average Bonchev–Trinajstić information content (AvgIpc) is 2.95. The largest absolute Gasteiger partial charge is 0.397 e. The highest BCUT2D eigenvalue weighted by molar-refractivity contribution is 7.09. The number of piperazine rings is 1. The lowest BCUT2D eigenvalue weighted by atomic mass is 10.2. The first-order valence-electron chi connectivity index (χ1n) is 7.72. The van der Waals surface area contributed by atoms with Gasteiger partial charge >= 0.3 is 0 Å². The quantitative estimate of drug-likeness (QED) is 0.791. The Balaban J connectivity index is 0.00000208. The zero-order valence-corrected chi connectivity index (χ0v) is 17.7. The molecule has 6 nitrogen and oxygen atoms in total. The summed E-state index contributed by atoms with van der Waals surface area (Å²) in [6.07, 6.45) is 1.93. The zero-order valence-electron chi connectivity index (χ0n) is 14.5. The number of nitrogen functional groups attached to an aromatic ring is 1. The monoisotopic (exact) mass is 439 g/mol. The Bertz CT molecular complexity index is 675. The lowest BCUT2D eigenvalue weighted by Gasteiger charge is -2.34. The summed E-state index contributed by atoms with van der Waals surface area (Å²) in [4.78, 5) is 25.3. The predicted molar refractivity (Wildman–Crippen MR) is 113 cm³/mol. The van der Waals surface area contributed by atoms with E-state index < -0.39 is 0 Å². The number of carbonyl (C=O) groups is 1. The second-order valence-corrected chi connectivity index (χ2v) is 6.84. The molecular formula is C16H24Cl3N5OS. The highest BCUT2D eigenvalue weighted by Gasteiger charge is 2.21. The molecule has 0 aliphatic carbocycles. The number of aryl methyl sites for hydroxylation is 1. The molecule has 2 aromatic rings. The molecule has 1 saturated heterocycles. The number of hydrogen-bond donors (Lipinski definition) is 1. The van der Waals surface area contributed by atoms with E-state index in [0.717, 1.165) is 49.1 Å². The number of amides is 1. The van der Waals surface area contributed by atoms with Crippen molar-refractivity contribution in [3.05, 3.63) is 40.1 Å². The molecule has 26 heavy (non-hydrogen) atoms. The van der Waals surface area contributed by atoms with Crippen molar-refractivity contribution in [2.75, 3.05) is 31.9 Å². The van der Waals surface area contributed by atoms with Crippen LogP contribution in [0, 0.1) is 6.92 Å². The third-order valence-electron chi connectivity index (χ3n) is 3.96. The van der Waals surface area contributed by atoms with Crippen LogP contribution in [0.2, 0.25) is 0 Å². The summed E-state index contributed by atoms with van der Waals surface area (Å²) in [7, 11) is 0. The molecule has 10 heteroatoms. The van der Waals surface area contributed by atoms with Gasteiger partial charge in [0.1, 0.15) is 0 Å². The summed E-state index contributed by atoms with van der Waals surface area (Å²) in [5.41, 5.74) is 8.12. The van der Waals surface area contributed by atoms with Crippen LogP contribution in [0.4, 0.5) is 5.69 Å². The Kier molecular flexibility index (Phi) is 11.1. The number of pyridine rings is 1. The highest BCUT2D eigenvalue weighted by Crippen LogP contribution is 2.13. The second kappa shape index (κ2) is 11.6. The van der Waals surface area contributed by atoms with Crippen molar-refractivity contribution < 1.29 is 4.79 Å². The van der Waals surface area contributed by atoms with E-state index in [1.807, 2.05) is 17.9 Å². The Morgan fingerprint density at radius 2 is 1.85 bits per heavy atom. The normalized spacial score (nSPS) is 14.0. The van der Waals surface area contributed by atoms with Gasteiger partial charge in [0.2, 0.25) is 5.91 Å². The van der Waals surface area contributed by atoms with E-state index in [4.69, 9.17) is 5.73 Å². The third kappa shape index (κ3) is 6.89. The molecule has 3 rings (SSSR count). The maximum absolute atomic E-state index is 12.3. The molecule has 1 fully saturated rings. The summed E-state index contributed by atoms with van der Waals surface area (Å²) in [6.45, 7) is 6.19. The lowest BCUT2D eigenvalue weighted by molar-refractivity contribution is -0.132. The fraction of sp³-hybridized carbons (Fsp3) is 0.438. The number of halogens is 3. The van der Waals surface area contributed by atoms with Crippen LogP contribution in [0.5, 0.6) is 0 Å². The standard InChI is InChI=1S/C16H21N5OS.3ClH/c1-12-19-15(11-23-12)10-20-4-6-21(7-5-20)16(22)8-14-3-2-13(17)9-18-14;;;/h2-3,9,11H,4-8,10,17H2,1H3;3*1H. The highest BCUT2D eigenvalue weighted by atomic mass is 35.5. The summed E-state index contributed by atoms with van der Waals surface area (Å²) in [5, 5.41) is 3.21. The predicted octanol–water partition coefficient (Wildman–Crippen LogP) is 2.58. The van der Waals surface area contributed by atoms with Crippen molar-refractivity contribution in [2.45, 2.75) is 19.9 Å². The van der Waals surface area contributed by atoms with Gasteiger partial charge in [0, 0.05) is 43.8 Å². The van der Waals surface area contributed by atoms with Gasteiger partial charge < -0.3 is 10.6 Å². The van der Waals surface area contributed by atoms with Crippen LogP contribution in [0.25, 0.3) is 0 Å². The van der Waals surface area contributed by atoms with Crippen LogP contribution >= 0.6 is 48.6 Å². The van der Waals surface area contributed by atoms with Crippen molar-refractivity contribution in [3.63, 3.8) is 0 Å². The van der Waals surface area contributed by atoms with Gasteiger partial charge in [-0.1, -0.05) is 0 Å². The van der Waals surface area contributed by atoms with Gasteiger partial charge in [-0.05, 0) is 19.1 Å². The molecule has 2 N–H and O–H groups in total. The van der Waals surface area contributed by atoms with Gasteiger partial charge in [-0.3, -0.25) is 14.7 Å². The SMILES string of the molecule is Cc1nc(CN2CCN(C(=O)Cc3ccc(N)cn3)CC2)cs1.Cl.Cl.Cl. The first-order chi connectivity index (χ1) is 11.1. The van der Waals surface area contributed by atoms with Gasteiger partial charge in [0.05, 0.1) is 29.0 Å². The molecule has 146 valence electrons. The Hall–Kier alpha value is -1.12. The van der Waals surface area contributed by atoms with E-state index in [1.54, 1.807) is 23.6 Å². The van der Waals surface area contributed by atoms with Gasteiger partial charge in [0.15, 0.2) is 0 Å². The maximum Gasteiger partial charge on any atom is 0.228 e. The molecule has 1 aliphatic rings. The van der Waals surface area contributed by atoms with E-state index in [0.29, 0.717) is 12.1 Å². The van der Waals surface area contributed by atoms with Crippen molar-refractivity contribution in [3.8, 4) is 0 Å². The molecule has 0 radical (unpaired) electrons. The van der Waals surface area contributed by atoms with Crippen LogP contribution < -0.4 is 5.73 Å². The van der Waals surface area contributed by atoms with E-state index in [-0.39, 0.29) is 43.1 Å². The number of anilines is 1. The number of nitrogens with zero attached hydrogens (tertiary/aromatic N) is 4. The smallest absolute Gasteiger partial charge is 0.228 e. The maximum atomic E-state index is 12.3. The first kappa shape index (κ1) is 24.9. The first-order valence-corrected chi connectivity index (χ1v) is 8.59. The fourth-order valence-electron chi connectivity index (χ4n) is 2.67. The van der Waals surface area contributed by atoms with E-state index in [2.05, 4.69) is 20.2 Å². The van der Waals surface area contributed by atoms with Crippen molar-refractivity contribution in [1.82, 2.24) is 19.8 Å². The minimum Gasteiger partial charge on any atom is -0.397 e. The molecule has 0 bridgehead atoms. The number of carbonyl (C=O) groups excluding carboxylic acids is 1. The van der Waals surface area contributed by atoms with Gasteiger partial charge in [0.25, 0.3) is 0 Å². The molecule has 1 aliphatic heterocycles. The third-order valence-corrected chi connectivity index (χ3v) is 4.78. The summed E-state index contributed by atoms with van der Waals surface area (Å²) >= 11 is 1.68. The molecule has 0 aromatic carbocycles. The minimum absolute atomic E-state index is 0. The van der Waals surface area contributed by atoms with Crippen LogP contribution in [0.3, 0.4) is 0 Å². The molecule has 0 atom stereocenters. The van der Waals surface area contributed by atoms with Crippen molar-refractivity contribution >= 4 is 60.2 Å². The number of thiazole rings is 1. The number of hydrogen-bond acceptors (Lipinski definition) is 6. The van der Waals surface area contributed by atoms with Gasteiger partial charge in [-0.25, -0.2) is 4.98 Å². The number of nitrogens with two attached hydrogens (primary N) is 1. The zero-order chi connectivity index (χ0) is 16.2. The second-order valence-electron chi connectivity index (χ2n) is 5.77. The lowest BCUT2D eigenvalue weighted by Crippen LogP contribution is -2.48. The molecule has 2 aromatic heterocycles. The number of rotatable bonds is 4. The molecule has 3 heterocycles. The fourth-order valence-corrected chi connectivity index (χ4v) is 3.28. The van der Waals surface area contributed by atoms with E-state index in [9.17, 15) is 4.79 Å². The topological polar surface area (TPSA) is 75.4 Å². The minimum atomic E-state index is 0. The van der Waals surface area contributed by atoms with Crippen LogP contribution in [-0.2, 0) is 17.8 Å². The van der Waals surface area contributed by atoms with E-state index >= 15 is 0 Å². The number of aromatic nitrogens is 2. The Morgan fingerprint density at radius 1 is 1.15 bits per heavy atom. The Morgan fingerprint density at radius 3 is 2.38 bits per heavy atom. The summed E-state index contributed by atoms with van der Waals surface area (Å²) in [5.74, 6) is 0.131. The molecule has 0 spiro atoms. The average molecular weight is 441 g/mol. The molecule has 0 unspecified atom stereocenters. The van der Waals surface area contributed by atoms with Crippen molar-refractivity contribution in [1.29, 1.82) is 0 Å².